The van der Waals surface area contributed by atoms with Gasteiger partial charge in [0.05, 0.1) is 0 Å². The molecule has 2 aromatic rings. The highest BCUT2D eigenvalue weighted by molar-refractivity contribution is 6.05. The normalized spacial score (nSPS) is 19.1. The lowest BCUT2D eigenvalue weighted by atomic mass is 9.97. The van der Waals surface area contributed by atoms with Gasteiger partial charge in [0, 0.05) is 30.6 Å². The predicted molar refractivity (Wildman–Crippen MR) is 97.9 cm³/mol. The van der Waals surface area contributed by atoms with Gasteiger partial charge in [-0.05, 0) is 60.9 Å². The van der Waals surface area contributed by atoms with E-state index in [-0.39, 0.29) is 17.5 Å². The number of rotatable bonds is 3. The zero-order valence-electron chi connectivity index (χ0n) is 14.9. The third kappa shape index (κ3) is 3.05. The molecule has 1 saturated heterocycles. The van der Waals surface area contributed by atoms with Crippen molar-refractivity contribution >= 4 is 11.7 Å². The van der Waals surface area contributed by atoms with E-state index in [9.17, 15) is 14.0 Å². The number of carbonyl (C=O) groups excluding carboxylic acids is 2. The molecule has 1 fully saturated rings. The number of nitrogens with zero attached hydrogens (tertiary/aromatic N) is 1. The Hall–Kier alpha value is -2.49. The van der Waals surface area contributed by atoms with Gasteiger partial charge in [-0.3, -0.25) is 9.59 Å². The molecule has 2 aliphatic rings. The number of likely N-dealkylation sites (tertiary alicyclic amines) is 1. The minimum atomic E-state index is -0.176. The lowest BCUT2D eigenvalue weighted by Crippen LogP contribution is -2.29. The van der Waals surface area contributed by atoms with E-state index in [0.29, 0.717) is 42.0 Å². The van der Waals surface area contributed by atoms with Crippen LogP contribution >= 0.6 is 0 Å². The summed E-state index contributed by atoms with van der Waals surface area (Å²) in [6, 6.07) is 10.7. The second-order valence-electron chi connectivity index (χ2n) is 7.45. The molecule has 134 valence electrons. The van der Waals surface area contributed by atoms with Crippen molar-refractivity contribution in [3.05, 3.63) is 70.0 Å². The van der Waals surface area contributed by atoms with Crippen molar-refractivity contribution < 1.29 is 14.0 Å². The lowest BCUT2D eigenvalue weighted by molar-refractivity contribution is 0.0786. The van der Waals surface area contributed by atoms with E-state index >= 15 is 0 Å². The average Bonchev–Trinajstić information content (AvgIpc) is 3.25. The number of hydrogen-bond donors (Lipinski definition) is 0. The first-order valence-corrected chi connectivity index (χ1v) is 9.22. The maximum Gasteiger partial charge on any atom is 0.254 e. The maximum absolute atomic E-state index is 13.4. The minimum absolute atomic E-state index is 0.0364. The Balaban J connectivity index is 1.46. The van der Waals surface area contributed by atoms with Crippen molar-refractivity contribution in [2.45, 2.75) is 32.6 Å². The van der Waals surface area contributed by atoms with Gasteiger partial charge in [0.15, 0.2) is 5.78 Å². The van der Waals surface area contributed by atoms with Gasteiger partial charge in [0.25, 0.3) is 5.91 Å². The quantitative estimate of drug-likeness (QED) is 0.839. The van der Waals surface area contributed by atoms with E-state index in [1.165, 1.54) is 6.07 Å². The number of aryl methyl sites for hydroxylation is 1. The topological polar surface area (TPSA) is 37.4 Å². The smallest absolute Gasteiger partial charge is 0.254 e. The molecule has 0 radical (unpaired) electrons. The van der Waals surface area contributed by atoms with Gasteiger partial charge in [-0.25, -0.2) is 4.39 Å². The van der Waals surface area contributed by atoms with Crippen LogP contribution in [0.15, 0.2) is 36.4 Å². The van der Waals surface area contributed by atoms with Crippen LogP contribution < -0.4 is 0 Å². The first-order valence-electron chi connectivity index (χ1n) is 9.22. The van der Waals surface area contributed by atoms with Crippen LogP contribution in [0.25, 0.3) is 0 Å². The highest BCUT2D eigenvalue weighted by atomic mass is 19.1. The summed E-state index contributed by atoms with van der Waals surface area (Å²) in [4.78, 5) is 26.8. The van der Waals surface area contributed by atoms with Crippen molar-refractivity contribution in [2.24, 2.45) is 5.92 Å². The molecule has 1 aliphatic carbocycles. The standard InChI is InChI=1S/C22H22FNO2/c1-14-11-15(5-7-20(14)23)12-16-9-10-24(13-16)22(26)19-4-2-3-18-17(19)6-8-21(18)25/h2-5,7,11,16H,6,8-10,12-13H2,1H3. The summed E-state index contributed by atoms with van der Waals surface area (Å²) in [5.41, 5.74) is 4.10. The van der Waals surface area contributed by atoms with Crippen molar-refractivity contribution in [1.29, 1.82) is 0 Å². The van der Waals surface area contributed by atoms with Crippen LogP contribution in [-0.2, 0) is 12.8 Å². The van der Waals surface area contributed by atoms with E-state index in [2.05, 4.69) is 0 Å². The van der Waals surface area contributed by atoms with E-state index in [1.807, 2.05) is 35.2 Å². The molecule has 0 saturated carbocycles. The van der Waals surface area contributed by atoms with Gasteiger partial charge in [0.2, 0.25) is 0 Å². The zero-order valence-corrected chi connectivity index (χ0v) is 14.9. The molecule has 1 amide bonds. The first-order chi connectivity index (χ1) is 12.5. The monoisotopic (exact) mass is 351 g/mol. The summed E-state index contributed by atoms with van der Waals surface area (Å²) < 4.78 is 13.4. The summed E-state index contributed by atoms with van der Waals surface area (Å²) in [5.74, 6) is 0.390. The average molecular weight is 351 g/mol. The summed E-state index contributed by atoms with van der Waals surface area (Å²) >= 11 is 0. The molecule has 1 heterocycles. The molecule has 0 bridgehead atoms. The SMILES string of the molecule is Cc1cc(CC2CCN(C(=O)c3cccc4c3CCC4=O)C2)ccc1F. The Morgan fingerprint density at radius 3 is 2.88 bits per heavy atom. The summed E-state index contributed by atoms with van der Waals surface area (Å²) in [7, 11) is 0. The van der Waals surface area contributed by atoms with Gasteiger partial charge >= 0.3 is 0 Å². The van der Waals surface area contributed by atoms with Crippen molar-refractivity contribution in [3.63, 3.8) is 0 Å². The van der Waals surface area contributed by atoms with E-state index in [1.54, 1.807) is 6.92 Å². The van der Waals surface area contributed by atoms with Crippen molar-refractivity contribution in [1.82, 2.24) is 4.90 Å². The largest absolute Gasteiger partial charge is 0.338 e. The molecule has 1 atom stereocenters. The number of amides is 1. The molecule has 0 spiro atoms. The summed E-state index contributed by atoms with van der Waals surface area (Å²) in [5, 5.41) is 0. The van der Waals surface area contributed by atoms with E-state index in [0.717, 1.165) is 30.5 Å². The Morgan fingerprint density at radius 1 is 1.23 bits per heavy atom. The third-order valence-corrected chi connectivity index (χ3v) is 5.63. The van der Waals surface area contributed by atoms with Crippen LogP contribution in [0, 0.1) is 18.7 Å². The predicted octanol–water partition coefficient (Wildman–Crippen LogP) is 3.97. The molecule has 4 heteroatoms. The molecule has 1 unspecified atom stereocenters. The highest BCUT2D eigenvalue weighted by Gasteiger charge is 2.31. The van der Waals surface area contributed by atoms with Gasteiger partial charge in [-0.15, -0.1) is 0 Å². The molecule has 0 aromatic heterocycles. The Kier molecular flexibility index (Phi) is 4.35. The highest BCUT2D eigenvalue weighted by Crippen LogP contribution is 2.29. The second-order valence-corrected chi connectivity index (χ2v) is 7.45. The van der Waals surface area contributed by atoms with Crippen LogP contribution in [0.3, 0.4) is 0 Å². The van der Waals surface area contributed by atoms with Gasteiger partial charge in [0.1, 0.15) is 5.82 Å². The van der Waals surface area contributed by atoms with E-state index < -0.39 is 0 Å². The fourth-order valence-corrected chi connectivity index (χ4v) is 4.21. The minimum Gasteiger partial charge on any atom is -0.338 e. The van der Waals surface area contributed by atoms with E-state index in [4.69, 9.17) is 0 Å². The fourth-order valence-electron chi connectivity index (χ4n) is 4.21. The second kappa shape index (κ2) is 6.67. The molecule has 0 N–H and O–H groups in total. The summed E-state index contributed by atoms with van der Waals surface area (Å²) in [6.07, 6.45) is 2.99. The Bertz CT molecular complexity index is 890. The van der Waals surface area contributed by atoms with Crippen LogP contribution in [-0.4, -0.2) is 29.7 Å². The first kappa shape index (κ1) is 17.0. The Labute approximate surface area is 152 Å². The number of carbonyl (C=O) groups is 2. The molecule has 2 aromatic carbocycles. The van der Waals surface area contributed by atoms with Crippen LogP contribution in [0.1, 0.15) is 50.2 Å². The maximum atomic E-state index is 13.4. The molecule has 4 rings (SSSR count). The third-order valence-electron chi connectivity index (χ3n) is 5.63. The van der Waals surface area contributed by atoms with Crippen LogP contribution in [0.4, 0.5) is 4.39 Å². The number of ketones is 1. The molecule has 26 heavy (non-hydrogen) atoms. The van der Waals surface area contributed by atoms with Crippen LogP contribution in [0.5, 0.6) is 0 Å². The number of benzene rings is 2. The number of fused-ring (bicyclic) bond motifs is 1. The number of hydrogen-bond acceptors (Lipinski definition) is 2. The molecular weight excluding hydrogens is 329 g/mol. The lowest BCUT2D eigenvalue weighted by Gasteiger charge is -2.18. The number of Topliss-reactive ketones (excluding diaryl/α,β-unsaturated/α-hetero) is 1. The van der Waals surface area contributed by atoms with Gasteiger partial charge in [-0.1, -0.05) is 24.3 Å². The Morgan fingerprint density at radius 2 is 2.08 bits per heavy atom. The summed E-state index contributed by atoms with van der Waals surface area (Å²) in [6.45, 7) is 3.23. The molecule has 3 nitrogen and oxygen atoms in total. The van der Waals surface area contributed by atoms with Crippen LogP contribution in [0.2, 0.25) is 0 Å². The molecular formula is C22H22FNO2. The molecule has 1 aliphatic heterocycles. The fraction of sp³-hybridized carbons (Fsp3) is 0.364. The van der Waals surface area contributed by atoms with Gasteiger partial charge in [-0.2, -0.15) is 0 Å². The van der Waals surface area contributed by atoms with Crippen molar-refractivity contribution in [2.75, 3.05) is 13.1 Å². The number of halogens is 1. The zero-order chi connectivity index (χ0) is 18.3. The van der Waals surface area contributed by atoms with Crippen molar-refractivity contribution in [3.8, 4) is 0 Å². The van der Waals surface area contributed by atoms with Gasteiger partial charge < -0.3 is 4.90 Å².